The maximum absolute atomic E-state index is 13.0. The topological polar surface area (TPSA) is 38.0 Å². The van der Waals surface area contributed by atoms with Gasteiger partial charge in [-0.3, -0.25) is 0 Å². The molecule has 0 saturated carbocycles. The first-order chi connectivity index (χ1) is 8.47. The van der Waals surface area contributed by atoms with E-state index in [-0.39, 0.29) is 15.7 Å². The fourth-order valence-electron chi connectivity index (χ4n) is 1.44. The summed E-state index contributed by atoms with van der Waals surface area (Å²) in [7, 11) is 0. The van der Waals surface area contributed by atoms with Crippen molar-refractivity contribution in [2.24, 2.45) is 0 Å². The molecule has 0 amide bonds. The average molecular weight is 289 g/mol. The molecule has 0 aliphatic carbocycles. The fourth-order valence-corrected chi connectivity index (χ4v) is 2.00. The maximum atomic E-state index is 13.0. The van der Waals surface area contributed by atoms with Crippen molar-refractivity contribution in [1.82, 2.24) is 0 Å². The van der Waals surface area contributed by atoms with E-state index >= 15 is 0 Å². The van der Waals surface area contributed by atoms with Crippen molar-refractivity contribution in [3.05, 3.63) is 52.0 Å². The third-order valence-corrected chi connectivity index (χ3v) is 2.88. The van der Waals surface area contributed by atoms with Crippen molar-refractivity contribution in [1.29, 1.82) is 0 Å². The van der Waals surface area contributed by atoms with E-state index < -0.39 is 11.6 Å². The monoisotopic (exact) mass is 288 g/mol. The fraction of sp³-hybridized carbons (Fsp3) is 0. The molecular formula is C12H8Cl2F2N2. The number of hydrogen-bond acceptors (Lipinski definition) is 2. The van der Waals surface area contributed by atoms with Crippen molar-refractivity contribution in [2.75, 3.05) is 11.1 Å². The molecule has 3 N–H and O–H groups in total. The van der Waals surface area contributed by atoms with Gasteiger partial charge in [-0.1, -0.05) is 23.2 Å². The number of nitrogens with two attached hydrogens (primary N) is 1. The Morgan fingerprint density at radius 1 is 0.944 bits per heavy atom. The molecule has 0 saturated heterocycles. The van der Waals surface area contributed by atoms with Gasteiger partial charge in [-0.15, -0.1) is 0 Å². The second kappa shape index (κ2) is 5.00. The molecule has 2 rings (SSSR count). The smallest absolute Gasteiger partial charge is 0.126 e. The average Bonchev–Trinajstić information content (AvgIpc) is 2.25. The predicted molar refractivity (Wildman–Crippen MR) is 70.5 cm³/mol. The van der Waals surface area contributed by atoms with Gasteiger partial charge in [-0.25, -0.2) is 8.78 Å². The predicted octanol–water partition coefficient (Wildman–Crippen LogP) is 4.60. The van der Waals surface area contributed by atoms with Gasteiger partial charge in [0.1, 0.15) is 11.6 Å². The molecule has 0 aliphatic heterocycles. The van der Waals surface area contributed by atoms with Gasteiger partial charge >= 0.3 is 0 Å². The normalized spacial score (nSPS) is 10.4. The molecule has 0 spiro atoms. The van der Waals surface area contributed by atoms with E-state index in [1.54, 1.807) is 0 Å². The number of halogens is 4. The van der Waals surface area contributed by atoms with E-state index in [2.05, 4.69) is 5.32 Å². The summed E-state index contributed by atoms with van der Waals surface area (Å²) in [6, 6.07) is 6.09. The van der Waals surface area contributed by atoms with Crippen LogP contribution in [-0.2, 0) is 0 Å². The van der Waals surface area contributed by atoms with Gasteiger partial charge in [0.2, 0.25) is 0 Å². The van der Waals surface area contributed by atoms with Crippen LogP contribution in [0.4, 0.5) is 25.8 Å². The summed E-state index contributed by atoms with van der Waals surface area (Å²) in [5, 5.41) is 3.07. The highest BCUT2D eigenvalue weighted by Gasteiger charge is 2.10. The minimum Gasteiger partial charge on any atom is -0.397 e. The van der Waals surface area contributed by atoms with Crippen molar-refractivity contribution in [2.45, 2.75) is 0 Å². The lowest BCUT2D eigenvalue weighted by Gasteiger charge is -2.12. The van der Waals surface area contributed by atoms with E-state index in [1.807, 2.05) is 0 Å². The lowest BCUT2D eigenvalue weighted by molar-refractivity contribution is 0.628. The quantitative estimate of drug-likeness (QED) is 0.793. The highest BCUT2D eigenvalue weighted by Crippen LogP contribution is 2.35. The van der Waals surface area contributed by atoms with Crippen molar-refractivity contribution < 1.29 is 8.78 Å². The summed E-state index contributed by atoms with van der Waals surface area (Å²) in [6.45, 7) is 0. The zero-order valence-corrected chi connectivity index (χ0v) is 10.5. The van der Waals surface area contributed by atoms with Crippen LogP contribution in [0.5, 0.6) is 0 Å². The first kappa shape index (κ1) is 12.9. The molecule has 0 bridgehead atoms. The molecule has 18 heavy (non-hydrogen) atoms. The summed E-state index contributed by atoms with van der Waals surface area (Å²) in [5.41, 5.74) is 6.59. The molecule has 2 aromatic rings. The van der Waals surface area contributed by atoms with Crippen molar-refractivity contribution >= 4 is 40.3 Å². The Labute approximate surface area is 112 Å². The number of anilines is 3. The van der Waals surface area contributed by atoms with Gasteiger partial charge in [-0.2, -0.15) is 0 Å². The second-order valence-electron chi connectivity index (χ2n) is 3.60. The van der Waals surface area contributed by atoms with Crippen LogP contribution in [0.3, 0.4) is 0 Å². The Bertz CT molecular complexity index is 580. The van der Waals surface area contributed by atoms with Gasteiger partial charge in [0.25, 0.3) is 0 Å². The van der Waals surface area contributed by atoms with Gasteiger partial charge < -0.3 is 11.1 Å². The van der Waals surface area contributed by atoms with Crippen molar-refractivity contribution in [3.63, 3.8) is 0 Å². The van der Waals surface area contributed by atoms with E-state index in [4.69, 9.17) is 28.9 Å². The summed E-state index contributed by atoms with van der Waals surface area (Å²) in [5.74, 6) is -0.989. The Morgan fingerprint density at radius 3 is 2.11 bits per heavy atom. The zero-order valence-electron chi connectivity index (χ0n) is 8.98. The molecule has 0 aliphatic rings. The van der Waals surface area contributed by atoms with Crippen LogP contribution in [0.1, 0.15) is 0 Å². The minimum absolute atomic E-state index is 0.115. The largest absolute Gasteiger partial charge is 0.397 e. The van der Waals surface area contributed by atoms with Crippen LogP contribution in [0.25, 0.3) is 0 Å². The molecule has 6 heteroatoms. The molecule has 0 unspecified atom stereocenters. The van der Waals surface area contributed by atoms with E-state index in [9.17, 15) is 8.78 Å². The molecule has 0 radical (unpaired) electrons. The van der Waals surface area contributed by atoms with Gasteiger partial charge in [0.15, 0.2) is 0 Å². The second-order valence-corrected chi connectivity index (χ2v) is 4.42. The van der Waals surface area contributed by atoms with Crippen LogP contribution < -0.4 is 11.1 Å². The molecule has 94 valence electrons. The van der Waals surface area contributed by atoms with Gasteiger partial charge in [0, 0.05) is 0 Å². The Hall–Kier alpha value is -1.52. The molecule has 0 atom stereocenters. The van der Waals surface area contributed by atoms with E-state index in [0.29, 0.717) is 11.4 Å². The molecule has 2 nitrogen and oxygen atoms in total. The molecule has 0 heterocycles. The van der Waals surface area contributed by atoms with E-state index in [0.717, 1.165) is 18.2 Å². The SMILES string of the molecule is Nc1cc(F)ccc1Nc1c(Cl)cc(F)cc1Cl. The molecule has 0 aromatic heterocycles. The lowest BCUT2D eigenvalue weighted by atomic mass is 10.2. The standard InChI is InChI=1S/C12H8Cl2F2N2/c13-8-3-7(16)4-9(14)12(8)18-11-2-1-6(15)5-10(11)17/h1-5,18H,17H2. The number of rotatable bonds is 2. The van der Waals surface area contributed by atoms with Crippen molar-refractivity contribution in [3.8, 4) is 0 Å². The Morgan fingerprint density at radius 2 is 1.56 bits per heavy atom. The van der Waals surface area contributed by atoms with Crippen LogP contribution in [0, 0.1) is 11.6 Å². The molecule has 2 aromatic carbocycles. The number of benzene rings is 2. The Kier molecular flexibility index (Phi) is 3.59. The summed E-state index contributed by atoms with van der Waals surface area (Å²) in [6.07, 6.45) is 0. The third-order valence-electron chi connectivity index (χ3n) is 2.28. The van der Waals surface area contributed by atoms with Gasteiger partial charge in [0.05, 0.1) is 27.1 Å². The minimum atomic E-state index is -0.539. The summed E-state index contributed by atoms with van der Waals surface area (Å²) in [4.78, 5) is 0. The zero-order chi connectivity index (χ0) is 13.3. The van der Waals surface area contributed by atoms with Crippen LogP contribution >= 0.6 is 23.2 Å². The van der Waals surface area contributed by atoms with Crippen LogP contribution in [0.2, 0.25) is 10.0 Å². The molecule has 0 fully saturated rings. The number of nitrogens with one attached hydrogen (secondary N) is 1. The highest BCUT2D eigenvalue weighted by molar-refractivity contribution is 6.39. The first-order valence-electron chi connectivity index (χ1n) is 4.94. The number of hydrogen-bond donors (Lipinski definition) is 2. The van der Waals surface area contributed by atoms with Crippen LogP contribution in [-0.4, -0.2) is 0 Å². The lowest BCUT2D eigenvalue weighted by Crippen LogP contribution is -1.98. The summed E-state index contributed by atoms with van der Waals surface area (Å²) >= 11 is 11.7. The maximum Gasteiger partial charge on any atom is 0.126 e. The molecular weight excluding hydrogens is 281 g/mol. The van der Waals surface area contributed by atoms with Crippen LogP contribution in [0.15, 0.2) is 30.3 Å². The van der Waals surface area contributed by atoms with Gasteiger partial charge in [-0.05, 0) is 30.3 Å². The Balaban J connectivity index is 2.40. The highest BCUT2D eigenvalue weighted by atomic mass is 35.5. The summed E-state index contributed by atoms with van der Waals surface area (Å²) < 4.78 is 25.9. The third kappa shape index (κ3) is 2.66. The number of nitrogen functional groups attached to an aromatic ring is 1. The first-order valence-corrected chi connectivity index (χ1v) is 5.69. The van der Waals surface area contributed by atoms with E-state index in [1.165, 1.54) is 12.1 Å².